The summed E-state index contributed by atoms with van der Waals surface area (Å²) < 4.78 is 4.88. The number of rotatable bonds is 6. The summed E-state index contributed by atoms with van der Waals surface area (Å²) in [4.78, 5) is 23.1. The van der Waals surface area contributed by atoms with Gasteiger partial charge in [-0.2, -0.15) is 0 Å². The third-order valence-corrected chi connectivity index (χ3v) is 3.12. The van der Waals surface area contributed by atoms with Gasteiger partial charge in [-0.1, -0.05) is 12.8 Å². The molecule has 1 atom stereocenters. The lowest BCUT2D eigenvalue weighted by Gasteiger charge is -2.23. The van der Waals surface area contributed by atoms with Crippen molar-refractivity contribution >= 4 is 11.8 Å². The van der Waals surface area contributed by atoms with Crippen LogP contribution in [0, 0.1) is 5.92 Å². The van der Waals surface area contributed by atoms with Crippen molar-refractivity contribution in [3.63, 3.8) is 0 Å². The van der Waals surface area contributed by atoms with E-state index in [1.165, 1.54) is 6.92 Å². The average Bonchev–Trinajstić information content (AvgIpc) is 2.79. The molecule has 0 heterocycles. The number of amides is 2. The lowest BCUT2D eigenvalue weighted by Crippen LogP contribution is -2.50. The number of hydrogen-bond donors (Lipinski definition) is 2. The van der Waals surface area contributed by atoms with E-state index in [2.05, 4.69) is 10.6 Å². The standard InChI is InChI=1S/C12H22N2O3/c1-9(15)14-11(10-5-3-4-6-10)12(16)13-7-8-17-2/h10-11H,3-8H2,1-2H3,(H,13,16)(H,14,15). The number of carbonyl (C=O) groups is 2. The Bertz CT molecular complexity index is 262. The van der Waals surface area contributed by atoms with Gasteiger partial charge < -0.3 is 15.4 Å². The fraction of sp³-hybridized carbons (Fsp3) is 0.833. The van der Waals surface area contributed by atoms with E-state index in [0.29, 0.717) is 13.2 Å². The predicted octanol–water partition coefficient (Wildman–Crippen LogP) is 0.444. The summed E-state index contributed by atoms with van der Waals surface area (Å²) in [5.74, 6) is 0.0365. The van der Waals surface area contributed by atoms with Gasteiger partial charge in [0.25, 0.3) is 0 Å². The molecule has 0 bridgehead atoms. The zero-order chi connectivity index (χ0) is 12.7. The maximum absolute atomic E-state index is 12.0. The zero-order valence-electron chi connectivity index (χ0n) is 10.6. The minimum Gasteiger partial charge on any atom is -0.383 e. The molecule has 5 nitrogen and oxygen atoms in total. The second-order valence-corrected chi connectivity index (χ2v) is 4.51. The summed E-state index contributed by atoms with van der Waals surface area (Å²) in [6.45, 7) is 2.42. The molecule has 2 amide bonds. The van der Waals surface area contributed by atoms with Gasteiger partial charge in [0.2, 0.25) is 11.8 Å². The Balaban J connectivity index is 2.48. The van der Waals surface area contributed by atoms with Gasteiger partial charge in [0.1, 0.15) is 6.04 Å². The molecule has 0 aromatic heterocycles. The molecule has 5 heteroatoms. The molecule has 1 saturated carbocycles. The first kappa shape index (κ1) is 14.0. The van der Waals surface area contributed by atoms with E-state index in [1.54, 1.807) is 7.11 Å². The van der Waals surface area contributed by atoms with Crippen molar-refractivity contribution in [1.29, 1.82) is 0 Å². The fourth-order valence-corrected chi connectivity index (χ4v) is 2.29. The third-order valence-electron chi connectivity index (χ3n) is 3.12. The molecule has 1 aliphatic rings. The summed E-state index contributed by atoms with van der Waals surface area (Å²) in [7, 11) is 1.59. The Morgan fingerprint density at radius 2 is 2.00 bits per heavy atom. The molecule has 0 radical (unpaired) electrons. The molecule has 0 aliphatic heterocycles. The number of ether oxygens (including phenoxy) is 1. The van der Waals surface area contributed by atoms with Crippen LogP contribution in [0.1, 0.15) is 32.6 Å². The highest BCUT2D eigenvalue weighted by Crippen LogP contribution is 2.27. The van der Waals surface area contributed by atoms with E-state index < -0.39 is 0 Å². The first-order valence-corrected chi connectivity index (χ1v) is 6.19. The first-order chi connectivity index (χ1) is 8.15. The topological polar surface area (TPSA) is 67.4 Å². The van der Waals surface area contributed by atoms with Gasteiger partial charge in [-0.05, 0) is 18.8 Å². The van der Waals surface area contributed by atoms with E-state index in [9.17, 15) is 9.59 Å². The summed E-state index contributed by atoms with van der Waals surface area (Å²) in [5.41, 5.74) is 0. The van der Waals surface area contributed by atoms with Crippen molar-refractivity contribution < 1.29 is 14.3 Å². The summed E-state index contributed by atoms with van der Waals surface area (Å²) in [5, 5.41) is 5.54. The first-order valence-electron chi connectivity index (χ1n) is 6.19. The van der Waals surface area contributed by atoms with E-state index in [1.807, 2.05) is 0 Å². The summed E-state index contributed by atoms with van der Waals surface area (Å²) in [6, 6.07) is -0.383. The van der Waals surface area contributed by atoms with Crippen LogP contribution in [-0.4, -0.2) is 38.1 Å². The zero-order valence-corrected chi connectivity index (χ0v) is 10.6. The van der Waals surface area contributed by atoms with Crippen molar-refractivity contribution in [2.75, 3.05) is 20.3 Å². The highest BCUT2D eigenvalue weighted by molar-refractivity contribution is 5.87. The summed E-state index contributed by atoms with van der Waals surface area (Å²) in [6.07, 6.45) is 4.32. The molecule has 17 heavy (non-hydrogen) atoms. The number of carbonyl (C=O) groups excluding carboxylic acids is 2. The fourth-order valence-electron chi connectivity index (χ4n) is 2.29. The minimum absolute atomic E-state index is 0.0934. The molecule has 0 aromatic carbocycles. The van der Waals surface area contributed by atoms with Gasteiger partial charge in [0, 0.05) is 20.6 Å². The van der Waals surface area contributed by atoms with Crippen LogP contribution >= 0.6 is 0 Å². The Hall–Kier alpha value is -1.10. The van der Waals surface area contributed by atoms with Gasteiger partial charge in [-0.15, -0.1) is 0 Å². The second-order valence-electron chi connectivity index (χ2n) is 4.51. The Kier molecular flexibility index (Phi) is 5.97. The van der Waals surface area contributed by atoms with Crippen LogP contribution < -0.4 is 10.6 Å². The van der Waals surface area contributed by atoms with Crippen LogP contribution in [0.25, 0.3) is 0 Å². The van der Waals surface area contributed by atoms with Gasteiger partial charge in [0.05, 0.1) is 6.61 Å². The van der Waals surface area contributed by atoms with Crippen LogP contribution in [-0.2, 0) is 14.3 Å². The van der Waals surface area contributed by atoms with Gasteiger partial charge >= 0.3 is 0 Å². The Morgan fingerprint density at radius 1 is 1.35 bits per heavy atom. The molecule has 1 unspecified atom stereocenters. The van der Waals surface area contributed by atoms with E-state index in [0.717, 1.165) is 25.7 Å². The number of methoxy groups -OCH3 is 1. The Labute approximate surface area is 102 Å². The lowest BCUT2D eigenvalue weighted by atomic mass is 9.97. The van der Waals surface area contributed by atoms with Crippen molar-refractivity contribution in [2.24, 2.45) is 5.92 Å². The van der Waals surface area contributed by atoms with Crippen molar-refractivity contribution in [3.05, 3.63) is 0 Å². The molecule has 0 aromatic rings. The molecule has 98 valence electrons. The van der Waals surface area contributed by atoms with Crippen molar-refractivity contribution in [2.45, 2.75) is 38.6 Å². The monoisotopic (exact) mass is 242 g/mol. The van der Waals surface area contributed by atoms with Crippen molar-refractivity contribution in [3.8, 4) is 0 Å². The number of hydrogen-bond acceptors (Lipinski definition) is 3. The van der Waals surface area contributed by atoms with Gasteiger partial charge in [0.15, 0.2) is 0 Å². The highest BCUT2D eigenvalue weighted by Gasteiger charge is 2.30. The molecule has 1 fully saturated rings. The largest absolute Gasteiger partial charge is 0.383 e. The second kappa shape index (κ2) is 7.27. The van der Waals surface area contributed by atoms with Crippen LogP contribution in [0.15, 0.2) is 0 Å². The van der Waals surface area contributed by atoms with Crippen LogP contribution in [0.5, 0.6) is 0 Å². The van der Waals surface area contributed by atoms with Gasteiger partial charge in [-0.25, -0.2) is 0 Å². The molecule has 0 saturated heterocycles. The maximum Gasteiger partial charge on any atom is 0.242 e. The summed E-state index contributed by atoms with van der Waals surface area (Å²) >= 11 is 0. The van der Waals surface area contributed by atoms with E-state index >= 15 is 0 Å². The quantitative estimate of drug-likeness (QED) is 0.664. The normalized spacial score (nSPS) is 17.8. The molecular formula is C12H22N2O3. The van der Waals surface area contributed by atoms with Crippen LogP contribution in [0.2, 0.25) is 0 Å². The maximum atomic E-state index is 12.0. The molecule has 1 rings (SSSR count). The molecule has 1 aliphatic carbocycles. The third kappa shape index (κ3) is 4.73. The van der Waals surface area contributed by atoms with E-state index in [4.69, 9.17) is 4.74 Å². The minimum atomic E-state index is -0.383. The number of nitrogens with one attached hydrogen (secondary N) is 2. The van der Waals surface area contributed by atoms with E-state index in [-0.39, 0.29) is 23.8 Å². The lowest BCUT2D eigenvalue weighted by molar-refractivity contribution is -0.129. The van der Waals surface area contributed by atoms with Crippen molar-refractivity contribution in [1.82, 2.24) is 10.6 Å². The highest BCUT2D eigenvalue weighted by atomic mass is 16.5. The average molecular weight is 242 g/mol. The van der Waals surface area contributed by atoms with Crippen LogP contribution in [0.4, 0.5) is 0 Å². The van der Waals surface area contributed by atoms with Crippen LogP contribution in [0.3, 0.4) is 0 Å². The SMILES string of the molecule is COCCNC(=O)C(NC(C)=O)C1CCCC1. The molecular weight excluding hydrogens is 220 g/mol. The molecule has 2 N–H and O–H groups in total. The Morgan fingerprint density at radius 3 is 2.53 bits per heavy atom. The molecule has 0 spiro atoms. The smallest absolute Gasteiger partial charge is 0.242 e. The van der Waals surface area contributed by atoms with Gasteiger partial charge in [-0.3, -0.25) is 9.59 Å². The predicted molar refractivity (Wildman–Crippen MR) is 64.4 cm³/mol.